The van der Waals surface area contributed by atoms with Gasteiger partial charge in [0.15, 0.2) is 0 Å². The summed E-state index contributed by atoms with van der Waals surface area (Å²) in [5.41, 5.74) is 2.40. The fourth-order valence-electron chi connectivity index (χ4n) is 1.55. The summed E-state index contributed by atoms with van der Waals surface area (Å²) >= 11 is 3.43. The Balaban J connectivity index is 2.51. The zero-order valence-corrected chi connectivity index (χ0v) is 10.8. The van der Waals surface area contributed by atoms with Gasteiger partial charge in [-0.15, -0.1) is 0 Å². The average molecular weight is 288 g/mol. The van der Waals surface area contributed by atoms with Crippen molar-refractivity contribution in [1.82, 2.24) is 4.98 Å². The molecule has 4 heteroatoms. The standard InChI is InChI=1S/C13H10BrN3/c1-16-13-10(8-15)5-6-12(17-13)9-3-2-4-11(14)7-9/h2-7H,1H3,(H,16,17). The lowest BCUT2D eigenvalue weighted by Crippen LogP contribution is -1.97. The van der Waals surface area contributed by atoms with Gasteiger partial charge in [-0.3, -0.25) is 0 Å². The number of aromatic nitrogens is 1. The molecule has 0 aliphatic heterocycles. The molecule has 0 unspecified atom stereocenters. The van der Waals surface area contributed by atoms with Gasteiger partial charge in [0.2, 0.25) is 0 Å². The number of hydrogen-bond acceptors (Lipinski definition) is 3. The van der Waals surface area contributed by atoms with Crippen LogP contribution in [0, 0.1) is 11.3 Å². The minimum atomic E-state index is 0.547. The summed E-state index contributed by atoms with van der Waals surface area (Å²) in [7, 11) is 1.76. The lowest BCUT2D eigenvalue weighted by Gasteiger charge is -2.06. The van der Waals surface area contributed by atoms with Gasteiger partial charge in [-0.05, 0) is 24.3 Å². The van der Waals surface area contributed by atoms with Gasteiger partial charge in [0.25, 0.3) is 0 Å². The highest BCUT2D eigenvalue weighted by Gasteiger charge is 2.05. The fourth-order valence-corrected chi connectivity index (χ4v) is 1.95. The Hall–Kier alpha value is -1.86. The number of halogens is 1. The van der Waals surface area contributed by atoms with E-state index in [0.29, 0.717) is 11.4 Å². The monoisotopic (exact) mass is 287 g/mol. The van der Waals surface area contributed by atoms with Crippen molar-refractivity contribution in [2.45, 2.75) is 0 Å². The third-order valence-electron chi connectivity index (χ3n) is 2.37. The molecule has 0 bridgehead atoms. The number of nitrogens with zero attached hydrogens (tertiary/aromatic N) is 2. The van der Waals surface area contributed by atoms with E-state index in [2.05, 4.69) is 32.3 Å². The van der Waals surface area contributed by atoms with Crippen LogP contribution in [-0.4, -0.2) is 12.0 Å². The summed E-state index contributed by atoms with van der Waals surface area (Å²) in [5, 5.41) is 11.8. The van der Waals surface area contributed by atoms with Crippen molar-refractivity contribution >= 4 is 21.7 Å². The molecule has 1 N–H and O–H groups in total. The zero-order valence-electron chi connectivity index (χ0n) is 9.24. The molecule has 0 spiro atoms. The maximum absolute atomic E-state index is 8.92. The van der Waals surface area contributed by atoms with Crippen molar-refractivity contribution in [1.29, 1.82) is 5.26 Å². The first kappa shape index (κ1) is 11.6. The van der Waals surface area contributed by atoms with E-state index in [-0.39, 0.29) is 0 Å². The lowest BCUT2D eigenvalue weighted by molar-refractivity contribution is 1.27. The molecule has 0 aliphatic rings. The number of nitrogens with one attached hydrogen (secondary N) is 1. The topological polar surface area (TPSA) is 48.7 Å². The van der Waals surface area contributed by atoms with Crippen LogP contribution in [0.1, 0.15) is 5.56 Å². The molecule has 0 atom stereocenters. The van der Waals surface area contributed by atoms with Crippen LogP contribution in [0.25, 0.3) is 11.3 Å². The molecule has 0 amide bonds. The average Bonchev–Trinajstić information content (AvgIpc) is 2.38. The maximum atomic E-state index is 8.92. The van der Waals surface area contributed by atoms with Crippen molar-refractivity contribution in [3.63, 3.8) is 0 Å². The molecule has 84 valence electrons. The molecule has 0 fully saturated rings. The van der Waals surface area contributed by atoms with Crippen molar-refractivity contribution in [2.75, 3.05) is 12.4 Å². The number of rotatable bonds is 2. The highest BCUT2D eigenvalue weighted by Crippen LogP contribution is 2.23. The first-order valence-corrected chi connectivity index (χ1v) is 5.88. The first-order chi connectivity index (χ1) is 8.24. The van der Waals surface area contributed by atoms with Gasteiger partial charge in [0.05, 0.1) is 11.3 Å². The van der Waals surface area contributed by atoms with Crippen LogP contribution >= 0.6 is 15.9 Å². The second kappa shape index (κ2) is 4.98. The Morgan fingerprint density at radius 1 is 1.29 bits per heavy atom. The minimum Gasteiger partial charge on any atom is -0.372 e. The van der Waals surface area contributed by atoms with Crippen molar-refractivity contribution in [2.24, 2.45) is 0 Å². The van der Waals surface area contributed by atoms with Crippen LogP contribution in [0.3, 0.4) is 0 Å². The summed E-state index contributed by atoms with van der Waals surface area (Å²) in [6.07, 6.45) is 0. The van der Waals surface area contributed by atoms with Crippen LogP contribution in [0.2, 0.25) is 0 Å². The van der Waals surface area contributed by atoms with Crippen molar-refractivity contribution in [3.05, 3.63) is 46.4 Å². The number of nitriles is 1. The van der Waals surface area contributed by atoms with E-state index < -0.39 is 0 Å². The molecule has 2 rings (SSSR count). The molecule has 0 saturated carbocycles. The SMILES string of the molecule is CNc1nc(-c2cccc(Br)c2)ccc1C#N. The number of anilines is 1. The summed E-state index contributed by atoms with van der Waals surface area (Å²) in [6.45, 7) is 0. The molecule has 3 nitrogen and oxygen atoms in total. The Labute approximate surface area is 108 Å². The molecule has 1 heterocycles. The van der Waals surface area contributed by atoms with Crippen molar-refractivity contribution < 1.29 is 0 Å². The molecule has 0 saturated heterocycles. The second-order valence-corrected chi connectivity index (χ2v) is 4.38. The van der Waals surface area contributed by atoms with E-state index in [1.54, 1.807) is 13.1 Å². The number of pyridine rings is 1. The zero-order chi connectivity index (χ0) is 12.3. The van der Waals surface area contributed by atoms with E-state index >= 15 is 0 Å². The van der Waals surface area contributed by atoms with Gasteiger partial charge in [-0.1, -0.05) is 28.1 Å². The minimum absolute atomic E-state index is 0.547. The van der Waals surface area contributed by atoms with Gasteiger partial charge < -0.3 is 5.32 Å². The third-order valence-corrected chi connectivity index (χ3v) is 2.87. The molecule has 1 aromatic carbocycles. The molecular formula is C13H10BrN3. The molecule has 17 heavy (non-hydrogen) atoms. The van der Waals surface area contributed by atoms with E-state index in [0.717, 1.165) is 15.7 Å². The van der Waals surface area contributed by atoms with Crippen LogP contribution in [0.5, 0.6) is 0 Å². The molecule has 1 aromatic heterocycles. The summed E-state index contributed by atoms with van der Waals surface area (Å²) in [6, 6.07) is 13.6. The Kier molecular flexibility index (Phi) is 3.40. The Bertz CT molecular complexity index is 587. The van der Waals surface area contributed by atoms with Crippen LogP contribution < -0.4 is 5.32 Å². The van der Waals surface area contributed by atoms with E-state index in [9.17, 15) is 0 Å². The summed E-state index contributed by atoms with van der Waals surface area (Å²) < 4.78 is 1.01. The van der Waals surface area contributed by atoms with Gasteiger partial charge in [-0.25, -0.2) is 4.98 Å². The highest BCUT2D eigenvalue weighted by molar-refractivity contribution is 9.10. The Morgan fingerprint density at radius 3 is 2.76 bits per heavy atom. The first-order valence-electron chi connectivity index (χ1n) is 5.09. The predicted octanol–water partition coefficient (Wildman–Crippen LogP) is 3.42. The second-order valence-electron chi connectivity index (χ2n) is 3.46. The normalized spacial score (nSPS) is 9.71. The number of benzene rings is 1. The van der Waals surface area contributed by atoms with E-state index in [4.69, 9.17) is 5.26 Å². The smallest absolute Gasteiger partial charge is 0.144 e. The molecule has 0 radical (unpaired) electrons. The van der Waals surface area contributed by atoms with Gasteiger partial charge in [-0.2, -0.15) is 5.26 Å². The molecule has 2 aromatic rings. The van der Waals surface area contributed by atoms with Crippen LogP contribution in [0.4, 0.5) is 5.82 Å². The summed E-state index contributed by atoms with van der Waals surface area (Å²) in [4.78, 5) is 4.42. The maximum Gasteiger partial charge on any atom is 0.144 e. The van der Waals surface area contributed by atoms with Gasteiger partial charge in [0.1, 0.15) is 11.9 Å². The fraction of sp³-hybridized carbons (Fsp3) is 0.0769. The van der Waals surface area contributed by atoms with E-state index in [1.165, 1.54) is 0 Å². The molecule has 0 aliphatic carbocycles. The largest absolute Gasteiger partial charge is 0.372 e. The van der Waals surface area contributed by atoms with Gasteiger partial charge in [0, 0.05) is 17.1 Å². The van der Waals surface area contributed by atoms with Crippen LogP contribution in [0.15, 0.2) is 40.9 Å². The molecular weight excluding hydrogens is 278 g/mol. The lowest BCUT2D eigenvalue weighted by atomic mass is 10.1. The quantitative estimate of drug-likeness (QED) is 0.921. The van der Waals surface area contributed by atoms with E-state index in [1.807, 2.05) is 30.3 Å². The Morgan fingerprint density at radius 2 is 2.12 bits per heavy atom. The van der Waals surface area contributed by atoms with Crippen LogP contribution in [-0.2, 0) is 0 Å². The van der Waals surface area contributed by atoms with Gasteiger partial charge >= 0.3 is 0 Å². The predicted molar refractivity (Wildman–Crippen MR) is 71.6 cm³/mol. The third kappa shape index (κ3) is 2.45. The highest BCUT2D eigenvalue weighted by atomic mass is 79.9. The summed E-state index contributed by atoms with van der Waals surface area (Å²) in [5.74, 6) is 0.602. The van der Waals surface area contributed by atoms with Crippen molar-refractivity contribution in [3.8, 4) is 17.3 Å². The number of hydrogen-bond donors (Lipinski definition) is 1.